The van der Waals surface area contributed by atoms with Crippen LogP contribution in [0.15, 0.2) is 11.3 Å². The average molecular weight is 167 g/mol. The largest absolute Gasteiger partial charge is 0.321 e. The minimum atomic E-state index is 0.480. The third-order valence-electron chi connectivity index (χ3n) is 3.26. The normalized spacial score (nSPS) is 25.5. The highest BCUT2D eigenvalue weighted by atomic mass is 15.3. The lowest BCUT2D eigenvalue weighted by molar-refractivity contribution is -0.559. The van der Waals surface area contributed by atoms with Crippen molar-refractivity contribution < 1.29 is 4.58 Å². The number of hydrogen-bond acceptors (Lipinski definition) is 1. The van der Waals surface area contributed by atoms with E-state index in [4.69, 9.17) is 0 Å². The molecule has 68 valence electrons. The highest BCUT2D eigenvalue weighted by Crippen LogP contribution is 2.17. The molecule has 0 fully saturated rings. The Morgan fingerprint density at radius 1 is 1.25 bits per heavy atom. The average Bonchev–Trinajstić information content (AvgIpc) is 2.08. The molecule has 0 amide bonds. The third kappa shape index (κ3) is 1.15. The molecular formula is C10H19N2+. The standard InChI is InChI=1S/C10H19N2/c1-7-8(2)11(5)10(4)12(6)9(7)3/h10H,1-6H3/q+1. The molecule has 0 spiro atoms. The van der Waals surface area contributed by atoms with Crippen molar-refractivity contribution >= 4 is 5.71 Å². The van der Waals surface area contributed by atoms with Gasteiger partial charge in [-0.2, -0.15) is 0 Å². The molecule has 0 radical (unpaired) electrons. The predicted molar refractivity (Wildman–Crippen MR) is 52.5 cm³/mol. The first-order chi connectivity index (χ1) is 5.46. The molecule has 1 atom stereocenters. The zero-order valence-electron chi connectivity index (χ0n) is 8.97. The summed E-state index contributed by atoms with van der Waals surface area (Å²) in [5, 5.41) is 0. The summed E-state index contributed by atoms with van der Waals surface area (Å²) >= 11 is 0. The minimum absolute atomic E-state index is 0.480. The van der Waals surface area contributed by atoms with E-state index in [0.29, 0.717) is 6.17 Å². The number of allylic oxidation sites excluding steroid dienone is 2. The van der Waals surface area contributed by atoms with E-state index in [2.05, 4.69) is 51.3 Å². The molecule has 2 nitrogen and oxygen atoms in total. The first-order valence-electron chi connectivity index (χ1n) is 4.44. The van der Waals surface area contributed by atoms with Crippen LogP contribution in [0.4, 0.5) is 0 Å². The molecule has 1 heterocycles. The lowest BCUT2D eigenvalue weighted by Gasteiger charge is -2.30. The molecule has 0 N–H and O–H groups in total. The second kappa shape index (κ2) is 2.92. The molecule has 1 rings (SSSR count). The van der Waals surface area contributed by atoms with E-state index in [1.807, 2.05) is 0 Å². The fraction of sp³-hybridized carbons (Fsp3) is 0.700. The second-order valence-corrected chi connectivity index (χ2v) is 3.65. The van der Waals surface area contributed by atoms with Crippen LogP contribution < -0.4 is 0 Å². The van der Waals surface area contributed by atoms with Crippen molar-refractivity contribution in [2.75, 3.05) is 14.1 Å². The van der Waals surface area contributed by atoms with Crippen LogP contribution in [0.2, 0.25) is 0 Å². The Hall–Kier alpha value is -0.790. The van der Waals surface area contributed by atoms with E-state index < -0.39 is 0 Å². The van der Waals surface area contributed by atoms with Gasteiger partial charge in [-0.05, 0) is 13.8 Å². The molecule has 0 saturated carbocycles. The van der Waals surface area contributed by atoms with Crippen LogP contribution in [0.5, 0.6) is 0 Å². The van der Waals surface area contributed by atoms with E-state index in [0.717, 1.165) is 0 Å². The molecule has 12 heavy (non-hydrogen) atoms. The van der Waals surface area contributed by atoms with Crippen LogP contribution in [0.3, 0.4) is 0 Å². The van der Waals surface area contributed by atoms with Gasteiger partial charge in [-0.1, -0.05) is 0 Å². The quantitative estimate of drug-likeness (QED) is 0.497. The molecule has 0 aromatic heterocycles. The van der Waals surface area contributed by atoms with Crippen molar-refractivity contribution in [1.29, 1.82) is 0 Å². The van der Waals surface area contributed by atoms with Crippen LogP contribution in [0.25, 0.3) is 0 Å². The van der Waals surface area contributed by atoms with Crippen molar-refractivity contribution in [2.24, 2.45) is 0 Å². The monoisotopic (exact) mass is 167 g/mol. The molecule has 1 unspecified atom stereocenters. The maximum atomic E-state index is 2.31. The first-order valence-corrected chi connectivity index (χ1v) is 4.44. The predicted octanol–water partition coefficient (Wildman–Crippen LogP) is 1.67. The van der Waals surface area contributed by atoms with Crippen LogP contribution in [-0.4, -0.2) is 35.4 Å². The number of hydrogen-bond donors (Lipinski definition) is 0. The van der Waals surface area contributed by atoms with E-state index in [1.54, 1.807) is 0 Å². The molecule has 0 aliphatic carbocycles. The molecule has 0 aromatic rings. The number of rotatable bonds is 0. The van der Waals surface area contributed by atoms with Gasteiger partial charge in [0, 0.05) is 32.2 Å². The van der Waals surface area contributed by atoms with Crippen LogP contribution in [-0.2, 0) is 0 Å². The minimum Gasteiger partial charge on any atom is -0.321 e. The summed E-state index contributed by atoms with van der Waals surface area (Å²) in [6.07, 6.45) is 0.480. The summed E-state index contributed by atoms with van der Waals surface area (Å²) in [6, 6.07) is 0. The van der Waals surface area contributed by atoms with Crippen LogP contribution in [0.1, 0.15) is 27.7 Å². The highest BCUT2D eigenvalue weighted by molar-refractivity contribution is 5.94. The molecule has 1 aliphatic heterocycles. The van der Waals surface area contributed by atoms with Crippen molar-refractivity contribution in [2.45, 2.75) is 33.9 Å². The van der Waals surface area contributed by atoms with Gasteiger partial charge < -0.3 is 4.90 Å². The molecular weight excluding hydrogens is 148 g/mol. The van der Waals surface area contributed by atoms with E-state index in [9.17, 15) is 0 Å². The Morgan fingerprint density at radius 3 is 2.25 bits per heavy atom. The third-order valence-corrected chi connectivity index (χ3v) is 3.26. The Morgan fingerprint density at radius 2 is 1.75 bits per heavy atom. The van der Waals surface area contributed by atoms with E-state index in [1.165, 1.54) is 17.0 Å². The van der Waals surface area contributed by atoms with Crippen LogP contribution >= 0.6 is 0 Å². The van der Waals surface area contributed by atoms with Gasteiger partial charge in [0.2, 0.25) is 6.17 Å². The Bertz CT molecular complexity index is 233. The summed E-state index contributed by atoms with van der Waals surface area (Å²) in [6.45, 7) is 8.77. The summed E-state index contributed by atoms with van der Waals surface area (Å²) in [5.41, 5.74) is 4.18. The Balaban J connectivity index is 3.18. The van der Waals surface area contributed by atoms with Gasteiger partial charge in [0.25, 0.3) is 0 Å². The maximum Gasteiger partial charge on any atom is 0.225 e. The summed E-state index contributed by atoms with van der Waals surface area (Å²) in [7, 11) is 4.29. The summed E-state index contributed by atoms with van der Waals surface area (Å²) < 4.78 is 2.31. The topological polar surface area (TPSA) is 6.25 Å². The lowest BCUT2D eigenvalue weighted by atomic mass is 10.1. The zero-order chi connectivity index (χ0) is 9.46. The molecule has 0 aromatic carbocycles. The Kier molecular flexibility index (Phi) is 2.27. The van der Waals surface area contributed by atoms with Crippen molar-refractivity contribution in [3.8, 4) is 0 Å². The van der Waals surface area contributed by atoms with Gasteiger partial charge in [0.05, 0.1) is 0 Å². The number of nitrogens with zero attached hydrogens (tertiary/aromatic N) is 2. The lowest BCUT2D eigenvalue weighted by Crippen LogP contribution is -2.43. The summed E-state index contributed by atoms with van der Waals surface area (Å²) in [5.74, 6) is 0. The SMILES string of the molecule is CC1=C(C)N(C)C(C)[N+](C)=C1C. The zero-order valence-corrected chi connectivity index (χ0v) is 8.97. The van der Waals surface area contributed by atoms with Gasteiger partial charge in [-0.15, -0.1) is 0 Å². The van der Waals surface area contributed by atoms with Gasteiger partial charge in [-0.3, -0.25) is 0 Å². The molecule has 1 aliphatic rings. The smallest absolute Gasteiger partial charge is 0.225 e. The second-order valence-electron chi connectivity index (χ2n) is 3.65. The molecule has 0 bridgehead atoms. The van der Waals surface area contributed by atoms with E-state index >= 15 is 0 Å². The van der Waals surface area contributed by atoms with Crippen LogP contribution in [0, 0.1) is 0 Å². The van der Waals surface area contributed by atoms with Gasteiger partial charge in [-0.25, -0.2) is 4.58 Å². The highest BCUT2D eigenvalue weighted by Gasteiger charge is 2.27. The van der Waals surface area contributed by atoms with Gasteiger partial charge in [0.15, 0.2) is 5.71 Å². The van der Waals surface area contributed by atoms with Crippen molar-refractivity contribution in [3.63, 3.8) is 0 Å². The van der Waals surface area contributed by atoms with Crippen molar-refractivity contribution in [1.82, 2.24) is 4.90 Å². The summed E-state index contributed by atoms with van der Waals surface area (Å²) in [4.78, 5) is 2.31. The van der Waals surface area contributed by atoms with E-state index in [-0.39, 0.29) is 0 Å². The maximum absolute atomic E-state index is 2.31. The van der Waals surface area contributed by atoms with Crippen molar-refractivity contribution in [3.05, 3.63) is 11.3 Å². The van der Waals surface area contributed by atoms with Gasteiger partial charge in [0.1, 0.15) is 7.05 Å². The van der Waals surface area contributed by atoms with Gasteiger partial charge >= 0.3 is 0 Å². The first kappa shape index (κ1) is 9.30. The molecule has 0 saturated heterocycles. The Labute approximate surface area is 75.2 Å². The fourth-order valence-electron chi connectivity index (χ4n) is 1.61. The molecule has 2 heteroatoms. The fourth-order valence-corrected chi connectivity index (χ4v) is 1.61.